The summed E-state index contributed by atoms with van der Waals surface area (Å²) in [6.07, 6.45) is 3.31. The predicted molar refractivity (Wildman–Crippen MR) is 82.4 cm³/mol. The van der Waals surface area contributed by atoms with Crippen LogP contribution < -0.4 is 16.2 Å². The highest BCUT2D eigenvalue weighted by atomic mass is 19.1. The molecule has 1 aromatic carbocycles. The number of hydrogen-bond donors (Lipinski definition) is 3. The van der Waals surface area contributed by atoms with Crippen LogP contribution in [0.5, 0.6) is 0 Å². The van der Waals surface area contributed by atoms with Crippen LogP contribution in [0.15, 0.2) is 36.7 Å². The fourth-order valence-electron chi connectivity index (χ4n) is 2.58. The van der Waals surface area contributed by atoms with Crippen LogP contribution in [0.1, 0.15) is 23.0 Å². The van der Waals surface area contributed by atoms with Crippen LogP contribution in [-0.2, 0) is 11.3 Å². The van der Waals surface area contributed by atoms with Gasteiger partial charge in [-0.1, -0.05) is 12.1 Å². The first-order valence-electron chi connectivity index (χ1n) is 7.42. The molecular formula is C16H18FN5O. The number of carbonyl (C=O) groups is 1. The Labute approximate surface area is 133 Å². The monoisotopic (exact) mass is 315 g/mol. The van der Waals surface area contributed by atoms with E-state index in [9.17, 15) is 9.18 Å². The van der Waals surface area contributed by atoms with E-state index >= 15 is 0 Å². The zero-order valence-electron chi connectivity index (χ0n) is 12.7. The molecule has 3 rings (SSSR count). The maximum absolute atomic E-state index is 13.4. The number of amides is 1. The first-order chi connectivity index (χ1) is 11.1. The smallest absolute Gasteiger partial charge is 0.226 e. The third-order valence-corrected chi connectivity index (χ3v) is 3.80. The molecule has 1 fully saturated rings. The van der Waals surface area contributed by atoms with Crippen molar-refractivity contribution in [2.24, 2.45) is 5.92 Å². The fourth-order valence-corrected chi connectivity index (χ4v) is 2.58. The molecule has 1 aliphatic heterocycles. The van der Waals surface area contributed by atoms with Gasteiger partial charge in [0, 0.05) is 12.7 Å². The lowest BCUT2D eigenvalue weighted by atomic mass is 9.94. The molecule has 1 aliphatic rings. The van der Waals surface area contributed by atoms with Gasteiger partial charge < -0.3 is 5.32 Å². The van der Waals surface area contributed by atoms with Crippen molar-refractivity contribution in [3.05, 3.63) is 59.4 Å². The van der Waals surface area contributed by atoms with Gasteiger partial charge in [0.1, 0.15) is 5.82 Å². The van der Waals surface area contributed by atoms with E-state index in [4.69, 9.17) is 0 Å². The summed E-state index contributed by atoms with van der Waals surface area (Å²) in [5, 5.41) is 2.86. The molecule has 0 saturated carbocycles. The van der Waals surface area contributed by atoms with Gasteiger partial charge in [0.25, 0.3) is 0 Å². The van der Waals surface area contributed by atoms with Crippen molar-refractivity contribution < 1.29 is 9.18 Å². The number of rotatable bonds is 4. The normalized spacial score (nSPS) is 20.4. The molecule has 1 aromatic heterocycles. The van der Waals surface area contributed by atoms with E-state index in [1.165, 1.54) is 12.1 Å². The number of carbonyl (C=O) groups excluding carboxylic acids is 1. The van der Waals surface area contributed by atoms with E-state index in [1.54, 1.807) is 24.5 Å². The molecule has 2 heterocycles. The second-order valence-corrected chi connectivity index (χ2v) is 5.53. The summed E-state index contributed by atoms with van der Waals surface area (Å²) in [5.41, 5.74) is 8.27. The average Bonchev–Trinajstić information content (AvgIpc) is 3.04. The van der Waals surface area contributed by atoms with Crippen LogP contribution in [0.4, 0.5) is 4.39 Å². The van der Waals surface area contributed by atoms with Gasteiger partial charge in [0.2, 0.25) is 5.91 Å². The lowest BCUT2D eigenvalue weighted by Crippen LogP contribution is -2.35. The molecule has 120 valence electrons. The van der Waals surface area contributed by atoms with Crippen LogP contribution >= 0.6 is 0 Å². The zero-order chi connectivity index (χ0) is 16.2. The quantitative estimate of drug-likeness (QED) is 0.785. The second-order valence-electron chi connectivity index (χ2n) is 5.53. The van der Waals surface area contributed by atoms with Gasteiger partial charge in [-0.25, -0.2) is 9.82 Å². The fraction of sp³-hybridized carbons (Fsp3) is 0.312. The summed E-state index contributed by atoms with van der Waals surface area (Å²) in [5.74, 6) is -0.750. The zero-order valence-corrected chi connectivity index (χ0v) is 12.7. The Kier molecular flexibility index (Phi) is 4.59. The lowest BCUT2D eigenvalue weighted by Gasteiger charge is -2.18. The Bertz CT molecular complexity index is 691. The van der Waals surface area contributed by atoms with Crippen LogP contribution in [0.2, 0.25) is 0 Å². The number of hydrogen-bond acceptors (Lipinski definition) is 5. The minimum atomic E-state index is -0.324. The van der Waals surface area contributed by atoms with Gasteiger partial charge in [-0.2, -0.15) is 0 Å². The van der Waals surface area contributed by atoms with Crippen molar-refractivity contribution in [1.29, 1.82) is 0 Å². The number of nitrogens with one attached hydrogen (secondary N) is 3. The molecule has 2 unspecified atom stereocenters. The molecule has 0 aliphatic carbocycles. The summed E-state index contributed by atoms with van der Waals surface area (Å²) >= 11 is 0. The Morgan fingerprint density at radius 3 is 3.00 bits per heavy atom. The highest BCUT2D eigenvalue weighted by Crippen LogP contribution is 2.25. The van der Waals surface area contributed by atoms with Crippen molar-refractivity contribution in [2.75, 3.05) is 6.54 Å². The first kappa shape index (κ1) is 15.5. The van der Waals surface area contributed by atoms with Crippen molar-refractivity contribution >= 4 is 5.91 Å². The minimum Gasteiger partial charge on any atom is -0.350 e. The molecule has 7 heteroatoms. The van der Waals surface area contributed by atoms with Gasteiger partial charge >= 0.3 is 0 Å². The highest BCUT2D eigenvalue weighted by molar-refractivity contribution is 5.80. The molecule has 0 spiro atoms. The second kappa shape index (κ2) is 6.80. The van der Waals surface area contributed by atoms with Gasteiger partial charge in [0.05, 0.1) is 36.1 Å². The maximum Gasteiger partial charge on any atom is 0.226 e. The van der Waals surface area contributed by atoms with Crippen LogP contribution in [0.25, 0.3) is 0 Å². The summed E-state index contributed by atoms with van der Waals surface area (Å²) in [6, 6.07) is 6.00. The maximum atomic E-state index is 13.4. The van der Waals surface area contributed by atoms with Crippen LogP contribution in [0, 0.1) is 18.7 Å². The molecule has 6 nitrogen and oxygen atoms in total. The van der Waals surface area contributed by atoms with Crippen molar-refractivity contribution in [3.8, 4) is 0 Å². The Hall–Kier alpha value is -2.38. The Morgan fingerprint density at radius 1 is 1.39 bits per heavy atom. The number of aryl methyl sites for hydroxylation is 1. The minimum absolute atomic E-state index is 0.112. The topological polar surface area (TPSA) is 78.9 Å². The van der Waals surface area contributed by atoms with Gasteiger partial charge in [-0.15, -0.1) is 0 Å². The van der Waals surface area contributed by atoms with Crippen LogP contribution in [-0.4, -0.2) is 22.4 Å². The summed E-state index contributed by atoms with van der Waals surface area (Å²) in [6.45, 7) is 2.65. The van der Waals surface area contributed by atoms with E-state index in [0.29, 0.717) is 18.8 Å². The summed E-state index contributed by atoms with van der Waals surface area (Å²) < 4.78 is 13.4. The Balaban J connectivity index is 1.65. The molecule has 1 saturated heterocycles. The van der Waals surface area contributed by atoms with E-state index < -0.39 is 0 Å². The predicted octanol–water partition coefficient (Wildman–Crippen LogP) is 1.01. The van der Waals surface area contributed by atoms with Crippen molar-refractivity contribution in [2.45, 2.75) is 19.5 Å². The number of hydrazine groups is 1. The summed E-state index contributed by atoms with van der Waals surface area (Å²) in [7, 11) is 0. The SMILES string of the molecule is Cc1cnc(CNC(=O)C2CNNC2c2cccc(F)c2)cn1. The standard InChI is InChI=1S/C16H18FN5O/c1-10-6-19-13(7-18-10)8-20-16(23)14-9-21-22-15(14)11-3-2-4-12(17)5-11/h2-7,14-15,21-22H,8-9H2,1H3,(H,20,23). The van der Waals surface area contributed by atoms with Crippen molar-refractivity contribution in [3.63, 3.8) is 0 Å². The van der Waals surface area contributed by atoms with E-state index in [-0.39, 0.29) is 23.7 Å². The van der Waals surface area contributed by atoms with E-state index in [1.807, 2.05) is 6.92 Å². The Morgan fingerprint density at radius 2 is 2.26 bits per heavy atom. The summed E-state index contributed by atoms with van der Waals surface area (Å²) in [4.78, 5) is 20.8. The molecule has 0 bridgehead atoms. The first-order valence-corrected chi connectivity index (χ1v) is 7.42. The molecule has 3 N–H and O–H groups in total. The largest absolute Gasteiger partial charge is 0.350 e. The van der Waals surface area contributed by atoms with Crippen molar-refractivity contribution in [1.82, 2.24) is 26.1 Å². The van der Waals surface area contributed by atoms with E-state index in [0.717, 1.165) is 11.3 Å². The van der Waals surface area contributed by atoms with Gasteiger partial charge in [-0.05, 0) is 24.6 Å². The molecular weight excluding hydrogens is 297 g/mol. The van der Waals surface area contributed by atoms with Gasteiger partial charge in [0.15, 0.2) is 0 Å². The number of benzene rings is 1. The number of halogens is 1. The lowest BCUT2D eigenvalue weighted by molar-refractivity contribution is -0.125. The molecule has 0 radical (unpaired) electrons. The molecule has 1 amide bonds. The molecule has 23 heavy (non-hydrogen) atoms. The molecule has 2 aromatic rings. The molecule has 2 atom stereocenters. The van der Waals surface area contributed by atoms with Crippen LogP contribution in [0.3, 0.4) is 0 Å². The number of aromatic nitrogens is 2. The third kappa shape index (κ3) is 3.69. The van der Waals surface area contributed by atoms with Gasteiger partial charge in [-0.3, -0.25) is 20.2 Å². The number of nitrogens with zero attached hydrogens (tertiary/aromatic N) is 2. The third-order valence-electron chi connectivity index (χ3n) is 3.80. The average molecular weight is 315 g/mol. The highest BCUT2D eigenvalue weighted by Gasteiger charge is 2.33. The van der Waals surface area contributed by atoms with E-state index in [2.05, 4.69) is 26.1 Å².